The van der Waals surface area contributed by atoms with E-state index in [0.29, 0.717) is 19.5 Å². The largest absolute Gasteiger partial charge is 0.468 e. The Hall–Kier alpha value is -1.82. The molecule has 0 aromatic carbocycles. The summed E-state index contributed by atoms with van der Waals surface area (Å²) in [7, 11) is 3.89. The minimum Gasteiger partial charge on any atom is -0.468 e. The van der Waals surface area contributed by atoms with Gasteiger partial charge >= 0.3 is 0 Å². The second kappa shape index (κ2) is 6.96. The standard InChI is InChI=1S/C16H25N3O3/c1-11(2)19-10-12(8-15(19)20)16(21)17-9-13(18(3)4)14-6-5-7-22-14/h5-7,11-13H,8-10H2,1-4H3,(H,17,21)/t12-,13+/m0/s1. The molecule has 2 rings (SSSR count). The molecule has 0 saturated carbocycles. The molecule has 1 N–H and O–H groups in total. The van der Waals surface area contributed by atoms with Crippen molar-refractivity contribution in [1.29, 1.82) is 0 Å². The normalized spacial score (nSPS) is 20.0. The quantitative estimate of drug-likeness (QED) is 0.859. The van der Waals surface area contributed by atoms with Gasteiger partial charge in [-0.1, -0.05) is 0 Å². The van der Waals surface area contributed by atoms with Gasteiger partial charge in [-0.05, 0) is 40.1 Å². The number of hydrogen-bond donors (Lipinski definition) is 1. The SMILES string of the molecule is CC(C)N1C[C@@H](C(=O)NC[C@H](c2ccco2)N(C)C)CC1=O. The van der Waals surface area contributed by atoms with E-state index in [9.17, 15) is 9.59 Å². The Labute approximate surface area is 131 Å². The number of nitrogens with one attached hydrogen (secondary N) is 1. The molecule has 0 aliphatic carbocycles. The van der Waals surface area contributed by atoms with Gasteiger partial charge in [0.05, 0.1) is 18.2 Å². The molecule has 0 bridgehead atoms. The molecule has 1 saturated heterocycles. The number of carbonyl (C=O) groups is 2. The van der Waals surface area contributed by atoms with Gasteiger partial charge in [0.25, 0.3) is 0 Å². The highest BCUT2D eigenvalue weighted by atomic mass is 16.3. The van der Waals surface area contributed by atoms with Gasteiger partial charge in [-0.2, -0.15) is 0 Å². The molecule has 2 atom stereocenters. The molecule has 0 radical (unpaired) electrons. The van der Waals surface area contributed by atoms with Crippen molar-refractivity contribution in [1.82, 2.24) is 15.1 Å². The molecular formula is C16H25N3O3. The van der Waals surface area contributed by atoms with Crippen molar-refractivity contribution in [2.24, 2.45) is 5.92 Å². The second-order valence-electron chi connectivity index (χ2n) is 6.28. The predicted octanol–water partition coefficient (Wildman–Crippen LogP) is 1.26. The van der Waals surface area contributed by atoms with Crippen LogP contribution in [0.5, 0.6) is 0 Å². The summed E-state index contributed by atoms with van der Waals surface area (Å²) in [6.07, 6.45) is 1.93. The molecule has 6 nitrogen and oxygen atoms in total. The molecule has 1 aliphatic heterocycles. The van der Waals surface area contributed by atoms with Gasteiger partial charge in [-0.25, -0.2) is 0 Å². The lowest BCUT2D eigenvalue weighted by Gasteiger charge is -2.24. The number of amides is 2. The van der Waals surface area contributed by atoms with E-state index in [1.54, 1.807) is 11.2 Å². The molecule has 1 aromatic heterocycles. The predicted molar refractivity (Wildman–Crippen MR) is 83.1 cm³/mol. The lowest BCUT2D eigenvalue weighted by atomic mass is 10.1. The molecule has 2 amide bonds. The van der Waals surface area contributed by atoms with Crippen LogP contribution in [0.1, 0.15) is 32.1 Å². The first kappa shape index (κ1) is 16.5. The van der Waals surface area contributed by atoms with Crippen LogP contribution >= 0.6 is 0 Å². The number of hydrogen-bond acceptors (Lipinski definition) is 4. The van der Waals surface area contributed by atoms with Crippen LogP contribution in [-0.2, 0) is 9.59 Å². The highest BCUT2D eigenvalue weighted by molar-refractivity contribution is 5.89. The van der Waals surface area contributed by atoms with E-state index in [2.05, 4.69) is 5.32 Å². The van der Waals surface area contributed by atoms with Crippen molar-refractivity contribution in [2.75, 3.05) is 27.2 Å². The Morgan fingerprint density at radius 1 is 1.50 bits per heavy atom. The van der Waals surface area contributed by atoms with E-state index >= 15 is 0 Å². The second-order valence-corrected chi connectivity index (χ2v) is 6.28. The number of likely N-dealkylation sites (tertiary alicyclic amines) is 1. The van der Waals surface area contributed by atoms with Crippen molar-refractivity contribution >= 4 is 11.8 Å². The van der Waals surface area contributed by atoms with Crippen LogP contribution in [0.3, 0.4) is 0 Å². The molecule has 6 heteroatoms. The van der Waals surface area contributed by atoms with Crippen LogP contribution in [0.4, 0.5) is 0 Å². The highest BCUT2D eigenvalue weighted by Crippen LogP contribution is 2.21. The van der Waals surface area contributed by atoms with Gasteiger partial charge in [0.1, 0.15) is 5.76 Å². The molecule has 2 heterocycles. The highest BCUT2D eigenvalue weighted by Gasteiger charge is 2.35. The van der Waals surface area contributed by atoms with Gasteiger partial charge in [-0.3, -0.25) is 14.5 Å². The van der Waals surface area contributed by atoms with Gasteiger partial charge in [0.2, 0.25) is 11.8 Å². The maximum absolute atomic E-state index is 12.3. The topological polar surface area (TPSA) is 65.8 Å². The fourth-order valence-corrected chi connectivity index (χ4v) is 2.77. The lowest BCUT2D eigenvalue weighted by molar-refractivity contribution is -0.130. The van der Waals surface area contributed by atoms with E-state index in [1.807, 2.05) is 45.0 Å². The van der Waals surface area contributed by atoms with Crippen LogP contribution in [0, 0.1) is 5.92 Å². The zero-order valence-electron chi connectivity index (χ0n) is 13.7. The Balaban J connectivity index is 1.91. The smallest absolute Gasteiger partial charge is 0.225 e. The van der Waals surface area contributed by atoms with Gasteiger partial charge in [0.15, 0.2) is 0 Å². The van der Waals surface area contributed by atoms with Crippen LogP contribution in [-0.4, -0.2) is 54.8 Å². The average molecular weight is 307 g/mol. The summed E-state index contributed by atoms with van der Waals surface area (Å²) in [5, 5.41) is 2.95. The molecule has 1 aliphatic rings. The minimum atomic E-state index is -0.255. The number of carbonyl (C=O) groups excluding carboxylic acids is 2. The van der Waals surface area contributed by atoms with E-state index in [1.165, 1.54) is 0 Å². The van der Waals surface area contributed by atoms with Crippen molar-refractivity contribution < 1.29 is 14.0 Å². The summed E-state index contributed by atoms with van der Waals surface area (Å²) in [6, 6.07) is 3.86. The van der Waals surface area contributed by atoms with E-state index in [-0.39, 0.29) is 29.8 Å². The monoisotopic (exact) mass is 307 g/mol. The first-order valence-corrected chi connectivity index (χ1v) is 7.67. The van der Waals surface area contributed by atoms with Crippen molar-refractivity contribution in [3.05, 3.63) is 24.2 Å². The fourth-order valence-electron chi connectivity index (χ4n) is 2.77. The van der Waals surface area contributed by atoms with Gasteiger partial charge < -0.3 is 14.6 Å². The van der Waals surface area contributed by atoms with Crippen LogP contribution < -0.4 is 5.32 Å². The van der Waals surface area contributed by atoms with Crippen molar-refractivity contribution in [3.63, 3.8) is 0 Å². The molecule has 22 heavy (non-hydrogen) atoms. The molecule has 1 fully saturated rings. The third-order valence-corrected chi connectivity index (χ3v) is 4.12. The zero-order chi connectivity index (χ0) is 16.3. The summed E-state index contributed by atoms with van der Waals surface area (Å²) in [4.78, 5) is 28.0. The van der Waals surface area contributed by atoms with E-state index in [0.717, 1.165) is 5.76 Å². The maximum atomic E-state index is 12.3. The number of rotatable bonds is 6. The maximum Gasteiger partial charge on any atom is 0.225 e. The Kier molecular flexibility index (Phi) is 5.24. The molecule has 0 unspecified atom stereocenters. The van der Waals surface area contributed by atoms with E-state index < -0.39 is 0 Å². The number of likely N-dealkylation sites (N-methyl/N-ethyl adjacent to an activating group) is 1. The number of nitrogens with zero attached hydrogens (tertiary/aromatic N) is 2. The summed E-state index contributed by atoms with van der Waals surface area (Å²) in [6.45, 7) is 4.91. The van der Waals surface area contributed by atoms with Crippen LogP contribution in [0.2, 0.25) is 0 Å². The fraction of sp³-hybridized carbons (Fsp3) is 0.625. The van der Waals surface area contributed by atoms with Crippen LogP contribution in [0.15, 0.2) is 22.8 Å². The van der Waals surface area contributed by atoms with E-state index in [4.69, 9.17) is 4.42 Å². The molecule has 122 valence electrons. The first-order valence-electron chi connectivity index (χ1n) is 7.67. The zero-order valence-corrected chi connectivity index (χ0v) is 13.7. The summed E-state index contributed by atoms with van der Waals surface area (Å²) in [5.41, 5.74) is 0. The Morgan fingerprint density at radius 2 is 2.23 bits per heavy atom. The third kappa shape index (κ3) is 3.68. The average Bonchev–Trinajstić information content (AvgIpc) is 3.07. The Bertz CT molecular complexity index is 511. The van der Waals surface area contributed by atoms with Gasteiger partial charge in [0, 0.05) is 25.6 Å². The third-order valence-electron chi connectivity index (χ3n) is 4.12. The van der Waals surface area contributed by atoms with Crippen LogP contribution in [0.25, 0.3) is 0 Å². The molecule has 0 spiro atoms. The van der Waals surface area contributed by atoms with Gasteiger partial charge in [-0.15, -0.1) is 0 Å². The first-order chi connectivity index (χ1) is 10.4. The molecular weight excluding hydrogens is 282 g/mol. The minimum absolute atomic E-state index is 0.0164. The van der Waals surface area contributed by atoms with Crippen molar-refractivity contribution in [2.45, 2.75) is 32.4 Å². The summed E-state index contributed by atoms with van der Waals surface area (Å²) < 4.78 is 5.42. The Morgan fingerprint density at radius 3 is 2.73 bits per heavy atom. The lowest BCUT2D eigenvalue weighted by Crippen LogP contribution is -2.39. The summed E-state index contributed by atoms with van der Waals surface area (Å²) >= 11 is 0. The number of furan rings is 1. The molecule has 1 aromatic rings. The van der Waals surface area contributed by atoms with Crippen molar-refractivity contribution in [3.8, 4) is 0 Å². The summed E-state index contributed by atoms with van der Waals surface area (Å²) in [5.74, 6) is 0.561.